The highest BCUT2D eigenvalue weighted by atomic mass is 32.2. The number of nitrogens with zero attached hydrogens (tertiary/aromatic N) is 1. The number of carboxylic acids is 1. The van der Waals surface area contributed by atoms with Gasteiger partial charge >= 0.3 is 5.97 Å². The number of benzene rings is 1. The van der Waals surface area contributed by atoms with Crippen LogP contribution in [-0.4, -0.2) is 38.5 Å². The lowest BCUT2D eigenvalue weighted by Gasteiger charge is -2.19. The molecule has 0 spiro atoms. The third-order valence-electron chi connectivity index (χ3n) is 4.87. The molecule has 2 atom stereocenters. The van der Waals surface area contributed by atoms with Gasteiger partial charge in [-0.1, -0.05) is 12.2 Å². The van der Waals surface area contributed by atoms with E-state index < -0.39 is 21.9 Å². The predicted molar refractivity (Wildman–Crippen MR) is 96.2 cm³/mol. The first-order valence-corrected chi connectivity index (χ1v) is 10.1. The molecule has 0 saturated carbocycles. The molecule has 140 valence electrons. The van der Waals surface area contributed by atoms with Crippen LogP contribution in [0.15, 0.2) is 41.3 Å². The second-order valence-corrected chi connectivity index (χ2v) is 8.51. The van der Waals surface area contributed by atoms with Gasteiger partial charge in [-0.3, -0.25) is 9.59 Å². The van der Waals surface area contributed by atoms with Gasteiger partial charge < -0.3 is 10.0 Å². The Hall–Kier alpha value is -2.19. The molecule has 0 radical (unpaired) electrons. The van der Waals surface area contributed by atoms with Gasteiger partial charge in [-0.15, -0.1) is 0 Å². The number of carbonyl (C=O) groups excluding carboxylic acids is 1. The molecule has 1 aromatic rings. The first-order valence-electron chi connectivity index (χ1n) is 8.65. The van der Waals surface area contributed by atoms with Crippen LogP contribution in [0.4, 0.5) is 5.69 Å². The number of sulfonamides is 1. The molecule has 0 aromatic heterocycles. The third-order valence-corrected chi connectivity index (χ3v) is 6.31. The lowest BCUT2D eigenvalue weighted by molar-refractivity contribution is -0.141. The maximum atomic E-state index is 12.4. The minimum Gasteiger partial charge on any atom is -0.481 e. The van der Waals surface area contributed by atoms with Crippen molar-refractivity contribution in [2.24, 2.45) is 11.8 Å². The Kier molecular flexibility index (Phi) is 5.43. The van der Waals surface area contributed by atoms with Gasteiger partial charge in [-0.05, 0) is 49.4 Å². The highest BCUT2D eigenvalue weighted by Gasteiger charge is 2.35. The fraction of sp³-hybridized carbons (Fsp3) is 0.444. The molecule has 1 fully saturated rings. The van der Waals surface area contributed by atoms with Crippen LogP contribution < -0.4 is 9.62 Å². The summed E-state index contributed by atoms with van der Waals surface area (Å²) < 4.78 is 27.5. The highest BCUT2D eigenvalue weighted by Crippen LogP contribution is 2.26. The number of anilines is 1. The van der Waals surface area contributed by atoms with Crippen molar-refractivity contribution in [3.63, 3.8) is 0 Å². The molecule has 1 heterocycles. The Labute approximate surface area is 152 Å². The van der Waals surface area contributed by atoms with Crippen LogP contribution in [0, 0.1) is 11.8 Å². The first-order chi connectivity index (χ1) is 12.4. The van der Waals surface area contributed by atoms with Gasteiger partial charge in [0.05, 0.1) is 10.8 Å². The number of hydrogen-bond acceptors (Lipinski definition) is 4. The first kappa shape index (κ1) is 18.6. The van der Waals surface area contributed by atoms with E-state index in [0.717, 1.165) is 19.3 Å². The Bertz CT molecular complexity index is 816. The molecule has 8 heteroatoms. The zero-order chi connectivity index (χ0) is 18.7. The largest absolute Gasteiger partial charge is 0.481 e. The van der Waals surface area contributed by atoms with Gasteiger partial charge in [0.1, 0.15) is 0 Å². The van der Waals surface area contributed by atoms with Crippen molar-refractivity contribution >= 4 is 27.6 Å². The van der Waals surface area contributed by atoms with Crippen molar-refractivity contribution in [1.82, 2.24) is 4.72 Å². The monoisotopic (exact) mass is 378 g/mol. The summed E-state index contributed by atoms with van der Waals surface area (Å²) in [7, 11) is -3.61. The van der Waals surface area contributed by atoms with E-state index in [1.54, 1.807) is 12.1 Å². The smallest absolute Gasteiger partial charge is 0.308 e. The predicted octanol–water partition coefficient (Wildman–Crippen LogP) is 1.76. The molecule has 7 nitrogen and oxygen atoms in total. The normalized spacial score (nSPS) is 23.4. The van der Waals surface area contributed by atoms with Crippen LogP contribution in [0.1, 0.15) is 25.7 Å². The number of amides is 1. The Morgan fingerprint density at radius 3 is 2.54 bits per heavy atom. The van der Waals surface area contributed by atoms with Crippen LogP contribution in [0.3, 0.4) is 0 Å². The second kappa shape index (κ2) is 7.59. The maximum absolute atomic E-state index is 12.4. The molecular formula is C18H22N2O5S. The van der Waals surface area contributed by atoms with Gasteiger partial charge in [0.15, 0.2) is 0 Å². The zero-order valence-corrected chi connectivity index (χ0v) is 15.1. The average Bonchev–Trinajstić information content (AvgIpc) is 3.03. The van der Waals surface area contributed by atoms with Crippen LogP contribution in [0.2, 0.25) is 0 Å². The molecule has 2 aliphatic rings. The molecule has 3 rings (SSSR count). The van der Waals surface area contributed by atoms with Crippen molar-refractivity contribution in [3.05, 3.63) is 36.4 Å². The molecule has 1 aliphatic carbocycles. The standard InChI is InChI=1S/C18H22N2O5S/c21-17-10-14(18(22)23)12-20(17)15-6-8-16(9-7-15)26(24,25)19-11-13-4-2-1-3-5-13/h1-2,6-9,13-14,19H,3-5,10-12H2,(H,22,23). The van der Waals surface area contributed by atoms with E-state index in [2.05, 4.69) is 16.9 Å². The summed E-state index contributed by atoms with van der Waals surface area (Å²) in [6.45, 7) is 0.507. The van der Waals surface area contributed by atoms with E-state index in [-0.39, 0.29) is 23.8 Å². The van der Waals surface area contributed by atoms with Crippen molar-refractivity contribution < 1.29 is 23.1 Å². The summed E-state index contributed by atoms with van der Waals surface area (Å²) in [5.74, 6) is -1.68. The summed E-state index contributed by atoms with van der Waals surface area (Å²) in [5.41, 5.74) is 0.509. The van der Waals surface area contributed by atoms with Crippen molar-refractivity contribution in [2.75, 3.05) is 18.0 Å². The minimum absolute atomic E-state index is 0.0349. The lowest BCUT2D eigenvalue weighted by atomic mass is 9.95. The second-order valence-electron chi connectivity index (χ2n) is 6.74. The number of carboxylic acid groups (broad SMARTS) is 1. The maximum Gasteiger partial charge on any atom is 0.308 e. The van der Waals surface area contributed by atoms with Gasteiger partial charge in [-0.25, -0.2) is 13.1 Å². The van der Waals surface area contributed by atoms with Gasteiger partial charge in [0.2, 0.25) is 15.9 Å². The molecule has 1 aromatic carbocycles. The summed E-state index contributed by atoms with van der Waals surface area (Å²) in [5, 5.41) is 9.04. The topological polar surface area (TPSA) is 104 Å². The summed E-state index contributed by atoms with van der Waals surface area (Å²) >= 11 is 0. The van der Waals surface area contributed by atoms with Crippen LogP contribution >= 0.6 is 0 Å². The summed E-state index contributed by atoms with van der Waals surface area (Å²) in [4.78, 5) is 24.5. The van der Waals surface area contributed by atoms with Gasteiger partial charge in [0.25, 0.3) is 0 Å². The van der Waals surface area contributed by atoms with Crippen molar-refractivity contribution in [1.29, 1.82) is 0 Å². The number of aliphatic carboxylic acids is 1. The van der Waals surface area contributed by atoms with E-state index in [1.165, 1.54) is 17.0 Å². The molecule has 1 aliphatic heterocycles. The number of rotatable bonds is 6. The molecule has 1 amide bonds. The van der Waals surface area contributed by atoms with E-state index in [4.69, 9.17) is 5.11 Å². The van der Waals surface area contributed by atoms with E-state index in [9.17, 15) is 18.0 Å². The lowest BCUT2D eigenvalue weighted by Crippen LogP contribution is -2.30. The van der Waals surface area contributed by atoms with Gasteiger partial charge in [-0.2, -0.15) is 0 Å². The van der Waals surface area contributed by atoms with Gasteiger partial charge in [0, 0.05) is 25.2 Å². The SMILES string of the molecule is O=C(O)C1CC(=O)N(c2ccc(S(=O)(=O)NCC3CC=CCC3)cc2)C1. The van der Waals surface area contributed by atoms with E-state index >= 15 is 0 Å². The quantitative estimate of drug-likeness (QED) is 0.734. The van der Waals surface area contributed by atoms with Crippen LogP contribution in [0.25, 0.3) is 0 Å². The van der Waals surface area contributed by atoms with Crippen LogP contribution in [-0.2, 0) is 19.6 Å². The fourth-order valence-corrected chi connectivity index (χ4v) is 4.40. The van der Waals surface area contributed by atoms with E-state index in [0.29, 0.717) is 18.2 Å². The molecule has 2 N–H and O–H groups in total. The number of nitrogens with one attached hydrogen (secondary N) is 1. The summed E-state index contributed by atoms with van der Waals surface area (Å²) in [6, 6.07) is 5.97. The average molecular weight is 378 g/mol. The molecule has 1 saturated heterocycles. The minimum atomic E-state index is -3.61. The van der Waals surface area contributed by atoms with Crippen LogP contribution in [0.5, 0.6) is 0 Å². The van der Waals surface area contributed by atoms with E-state index in [1.807, 2.05) is 0 Å². The summed E-state index contributed by atoms with van der Waals surface area (Å²) in [6.07, 6.45) is 6.98. The number of carbonyl (C=O) groups is 2. The fourth-order valence-electron chi connectivity index (χ4n) is 3.28. The molecule has 2 unspecified atom stereocenters. The molecular weight excluding hydrogens is 356 g/mol. The number of hydrogen-bond donors (Lipinski definition) is 2. The number of allylic oxidation sites excluding steroid dienone is 2. The molecule has 0 bridgehead atoms. The van der Waals surface area contributed by atoms with Crippen molar-refractivity contribution in [2.45, 2.75) is 30.6 Å². The molecule has 26 heavy (non-hydrogen) atoms. The Balaban J connectivity index is 1.65. The Morgan fingerprint density at radius 1 is 1.23 bits per heavy atom. The van der Waals surface area contributed by atoms with Crippen molar-refractivity contribution in [3.8, 4) is 0 Å². The Morgan fingerprint density at radius 2 is 1.96 bits per heavy atom. The third kappa shape index (κ3) is 4.13. The zero-order valence-electron chi connectivity index (χ0n) is 14.3. The highest BCUT2D eigenvalue weighted by molar-refractivity contribution is 7.89.